The maximum atomic E-state index is 2.29. The molecule has 0 atom stereocenters. The largest absolute Gasteiger partial charge is 0.151 e. The van der Waals surface area contributed by atoms with Crippen molar-refractivity contribution >= 4 is 11.8 Å². The van der Waals surface area contributed by atoms with Gasteiger partial charge in [0.15, 0.2) is 0 Å². The van der Waals surface area contributed by atoms with Crippen LogP contribution in [0, 0.1) is 5.92 Å². The van der Waals surface area contributed by atoms with Gasteiger partial charge in [-0.15, -0.1) is 0 Å². The van der Waals surface area contributed by atoms with Gasteiger partial charge in [-0.25, -0.2) is 0 Å². The Bertz CT molecular complexity index is 320. The molecular formula is C15H24S. The SMILES string of the molecule is CC(C)Cc1ccccc1CSC(C)(C)C. The quantitative estimate of drug-likeness (QED) is 0.715. The Morgan fingerprint density at radius 3 is 2.12 bits per heavy atom. The van der Waals surface area contributed by atoms with Crippen LogP contribution in [0.15, 0.2) is 24.3 Å². The van der Waals surface area contributed by atoms with Gasteiger partial charge in [0.1, 0.15) is 0 Å². The minimum Gasteiger partial charge on any atom is -0.151 e. The molecule has 0 nitrogen and oxygen atoms in total. The first-order valence-electron chi connectivity index (χ1n) is 6.09. The summed E-state index contributed by atoms with van der Waals surface area (Å²) >= 11 is 2.03. The fourth-order valence-corrected chi connectivity index (χ4v) is 2.50. The summed E-state index contributed by atoms with van der Waals surface area (Å²) < 4.78 is 0.352. The first-order valence-corrected chi connectivity index (χ1v) is 7.08. The predicted octanol–water partition coefficient (Wildman–Crippen LogP) is 4.92. The Morgan fingerprint density at radius 2 is 1.62 bits per heavy atom. The van der Waals surface area contributed by atoms with E-state index in [0.29, 0.717) is 4.75 Å². The van der Waals surface area contributed by atoms with Gasteiger partial charge in [0.25, 0.3) is 0 Å². The Labute approximate surface area is 105 Å². The van der Waals surface area contributed by atoms with E-state index in [0.717, 1.165) is 11.7 Å². The molecule has 0 saturated carbocycles. The van der Waals surface area contributed by atoms with Gasteiger partial charge < -0.3 is 0 Å². The molecule has 16 heavy (non-hydrogen) atoms. The highest BCUT2D eigenvalue weighted by Gasteiger charge is 2.12. The average Bonchev–Trinajstić information content (AvgIpc) is 2.14. The Kier molecular flexibility index (Phi) is 4.91. The third-order valence-electron chi connectivity index (χ3n) is 2.41. The van der Waals surface area contributed by atoms with Crippen LogP contribution in [0.2, 0.25) is 0 Å². The van der Waals surface area contributed by atoms with Crippen molar-refractivity contribution in [1.29, 1.82) is 0 Å². The van der Waals surface area contributed by atoms with E-state index < -0.39 is 0 Å². The number of hydrogen-bond acceptors (Lipinski definition) is 1. The van der Waals surface area contributed by atoms with Crippen LogP contribution in [0.4, 0.5) is 0 Å². The lowest BCUT2D eigenvalue weighted by Crippen LogP contribution is -2.08. The molecule has 1 heteroatoms. The van der Waals surface area contributed by atoms with Gasteiger partial charge in [0.05, 0.1) is 0 Å². The second-order valence-electron chi connectivity index (χ2n) is 5.77. The molecule has 0 amide bonds. The second kappa shape index (κ2) is 5.77. The molecule has 0 spiro atoms. The van der Waals surface area contributed by atoms with E-state index in [1.807, 2.05) is 11.8 Å². The second-order valence-corrected chi connectivity index (χ2v) is 7.57. The van der Waals surface area contributed by atoms with E-state index in [-0.39, 0.29) is 0 Å². The van der Waals surface area contributed by atoms with E-state index in [4.69, 9.17) is 0 Å². The highest BCUT2D eigenvalue weighted by molar-refractivity contribution is 7.99. The summed E-state index contributed by atoms with van der Waals surface area (Å²) in [4.78, 5) is 0. The summed E-state index contributed by atoms with van der Waals surface area (Å²) in [6.45, 7) is 11.4. The molecule has 0 aliphatic rings. The zero-order valence-electron chi connectivity index (χ0n) is 11.2. The van der Waals surface area contributed by atoms with E-state index in [1.54, 1.807) is 0 Å². The molecule has 0 radical (unpaired) electrons. The van der Waals surface area contributed by atoms with Gasteiger partial charge in [-0.1, -0.05) is 58.9 Å². The topological polar surface area (TPSA) is 0 Å². The zero-order valence-corrected chi connectivity index (χ0v) is 12.0. The summed E-state index contributed by atoms with van der Waals surface area (Å²) in [5.74, 6) is 1.87. The minimum absolute atomic E-state index is 0.352. The summed E-state index contributed by atoms with van der Waals surface area (Å²) in [5.41, 5.74) is 3.03. The molecule has 0 aromatic heterocycles. The Hall–Kier alpha value is -0.430. The van der Waals surface area contributed by atoms with Crippen molar-refractivity contribution in [2.24, 2.45) is 5.92 Å². The van der Waals surface area contributed by atoms with Gasteiger partial charge in [0, 0.05) is 10.5 Å². The molecular weight excluding hydrogens is 212 g/mol. The Balaban J connectivity index is 2.71. The number of rotatable bonds is 4. The summed E-state index contributed by atoms with van der Waals surface area (Å²) in [6.07, 6.45) is 1.20. The lowest BCUT2D eigenvalue weighted by molar-refractivity contribution is 0.644. The van der Waals surface area contributed by atoms with E-state index in [1.165, 1.54) is 17.5 Å². The highest BCUT2D eigenvalue weighted by atomic mass is 32.2. The average molecular weight is 236 g/mol. The number of thioether (sulfide) groups is 1. The van der Waals surface area contributed by atoms with Crippen molar-refractivity contribution in [3.8, 4) is 0 Å². The summed E-state index contributed by atoms with van der Waals surface area (Å²) in [5, 5.41) is 0. The third-order valence-corrected chi connectivity index (χ3v) is 3.73. The van der Waals surface area contributed by atoms with Crippen molar-refractivity contribution in [3.05, 3.63) is 35.4 Å². The maximum absolute atomic E-state index is 2.29. The highest BCUT2D eigenvalue weighted by Crippen LogP contribution is 2.28. The van der Waals surface area contributed by atoms with E-state index >= 15 is 0 Å². The first kappa shape index (κ1) is 13.6. The minimum atomic E-state index is 0.352. The van der Waals surface area contributed by atoms with Crippen molar-refractivity contribution in [1.82, 2.24) is 0 Å². The van der Waals surface area contributed by atoms with Crippen LogP contribution in [0.5, 0.6) is 0 Å². The summed E-state index contributed by atoms with van der Waals surface area (Å²) in [7, 11) is 0. The molecule has 0 fully saturated rings. The molecule has 1 rings (SSSR count). The number of hydrogen-bond donors (Lipinski definition) is 0. The fourth-order valence-electron chi connectivity index (χ4n) is 1.63. The predicted molar refractivity (Wildman–Crippen MR) is 76.0 cm³/mol. The molecule has 90 valence electrons. The molecule has 0 unspecified atom stereocenters. The van der Waals surface area contributed by atoms with Crippen LogP contribution in [0.25, 0.3) is 0 Å². The molecule has 0 aliphatic carbocycles. The van der Waals surface area contributed by atoms with E-state index in [2.05, 4.69) is 58.9 Å². The van der Waals surface area contributed by atoms with Crippen LogP contribution in [-0.4, -0.2) is 4.75 Å². The first-order chi connectivity index (χ1) is 7.38. The third kappa shape index (κ3) is 5.07. The van der Waals surface area contributed by atoms with E-state index in [9.17, 15) is 0 Å². The van der Waals surface area contributed by atoms with Crippen LogP contribution >= 0.6 is 11.8 Å². The normalized spacial score (nSPS) is 12.1. The van der Waals surface area contributed by atoms with Crippen molar-refractivity contribution in [3.63, 3.8) is 0 Å². The molecule has 0 saturated heterocycles. The Morgan fingerprint density at radius 1 is 1.06 bits per heavy atom. The van der Waals surface area contributed by atoms with Crippen molar-refractivity contribution in [2.75, 3.05) is 0 Å². The van der Waals surface area contributed by atoms with Crippen molar-refractivity contribution < 1.29 is 0 Å². The number of benzene rings is 1. The molecule has 1 aromatic carbocycles. The summed E-state index contributed by atoms with van der Waals surface area (Å²) in [6, 6.07) is 8.86. The van der Waals surface area contributed by atoms with Gasteiger partial charge in [0.2, 0.25) is 0 Å². The van der Waals surface area contributed by atoms with Gasteiger partial charge in [-0.3, -0.25) is 0 Å². The molecule has 0 heterocycles. The smallest absolute Gasteiger partial charge is 0.0192 e. The standard InChI is InChI=1S/C15H24S/c1-12(2)10-13-8-6-7-9-14(13)11-16-15(3,4)5/h6-9,12H,10-11H2,1-5H3. The monoisotopic (exact) mass is 236 g/mol. The van der Waals surface area contributed by atoms with Crippen LogP contribution < -0.4 is 0 Å². The lowest BCUT2D eigenvalue weighted by atomic mass is 9.99. The zero-order chi connectivity index (χ0) is 12.2. The molecule has 0 aliphatic heterocycles. The molecule has 1 aromatic rings. The lowest BCUT2D eigenvalue weighted by Gasteiger charge is -2.19. The van der Waals surface area contributed by atoms with Crippen LogP contribution in [0.3, 0.4) is 0 Å². The maximum Gasteiger partial charge on any atom is 0.0192 e. The van der Waals surface area contributed by atoms with Gasteiger partial charge in [-0.05, 0) is 23.5 Å². The fraction of sp³-hybridized carbons (Fsp3) is 0.600. The van der Waals surface area contributed by atoms with Gasteiger partial charge >= 0.3 is 0 Å². The van der Waals surface area contributed by atoms with Crippen molar-refractivity contribution in [2.45, 2.75) is 51.5 Å². The van der Waals surface area contributed by atoms with Crippen LogP contribution in [0.1, 0.15) is 45.7 Å². The van der Waals surface area contributed by atoms with Crippen LogP contribution in [-0.2, 0) is 12.2 Å². The van der Waals surface area contributed by atoms with Gasteiger partial charge in [-0.2, -0.15) is 11.8 Å². The molecule has 0 N–H and O–H groups in total. The molecule has 0 bridgehead atoms.